The molecule has 1 aromatic heterocycles. The second-order valence-corrected chi connectivity index (χ2v) is 9.03. The zero-order valence-corrected chi connectivity index (χ0v) is 16.6. The summed E-state index contributed by atoms with van der Waals surface area (Å²) in [6.45, 7) is 6.59. The smallest absolute Gasteiger partial charge is 0.249 e. The molecule has 1 aliphatic heterocycles. The lowest BCUT2D eigenvalue weighted by Gasteiger charge is -2.27. The van der Waals surface area contributed by atoms with Crippen molar-refractivity contribution in [1.82, 2.24) is 15.2 Å². The maximum absolute atomic E-state index is 11.8. The van der Waals surface area contributed by atoms with E-state index in [1.165, 1.54) is 0 Å². The maximum atomic E-state index is 11.8. The molecule has 0 saturated carbocycles. The van der Waals surface area contributed by atoms with Crippen LogP contribution in [-0.2, 0) is 9.84 Å². The van der Waals surface area contributed by atoms with Gasteiger partial charge in [0.1, 0.15) is 5.75 Å². The monoisotopic (exact) mass is 391 g/mol. The number of anilines is 3. The van der Waals surface area contributed by atoms with Gasteiger partial charge in [-0.25, -0.2) is 8.42 Å². The first-order valence-electron chi connectivity index (χ1n) is 9.07. The highest BCUT2D eigenvalue weighted by Crippen LogP contribution is 2.24. The van der Waals surface area contributed by atoms with Crippen LogP contribution in [0.5, 0.6) is 5.75 Å². The van der Waals surface area contributed by atoms with E-state index in [4.69, 9.17) is 4.74 Å². The summed E-state index contributed by atoms with van der Waals surface area (Å²) in [5, 5.41) is 11.2. The summed E-state index contributed by atoms with van der Waals surface area (Å²) >= 11 is 0. The highest BCUT2D eigenvalue weighted by Gasteiger charge is 2.32. The van der Waals surface area contributed by atoms with E-state index in [0.717, 1.165) is 11.4 Å². The Bertz CT molecular complexity index is 871. The Balaban J connectivity index is 1.73. The third kappa shape index (κ3) is 5.06. The van der Waals surface area contributed by atoms with E-state index in [1.807, 2.05) is 49.9 Å². The van der Waals surface area contributed by atoms with E-state index >= 15 is 0 Å². The van der Waals surface area contributed by atoms with Crippen LogP contribution in [0.2, 0.25) is 0 Å². The van der Waals surface area contributed by atoms with Crippen LogP contribution in [0.15, 0.2) is 30.5 Å². The first kappa shape index (κ1) is 19.3. The van der Waals surface area contributed by atoms with Crippen molar-refractivity contribution >= 4 is 27.3 Å². The van der Waals surface area contributed by atoms with Crippen LogP contribution in [-0.4, -0.2) is 53.8 Å². The minimum atomic E-state index is -2.96. The van der Waals surface area contributed by atoms with Gasteiger partial charge < -0.3 is 15.0 Å². The molecule has 1 aliphatic rings. The van der Waals surface area contributed by atoms with Gasteiger partial charge in [0.05, 0.1) is 23.8 Å². The van der Waals surface area contributed by atoms with Crippen molar-refractivity contribution in [2.75, 3.05) is 28.3 Å². The van der Waals surface area contributed by atoms with Crippen LogP contribution in [0.3, 0.4) is 0 Å². The number of hydrogen-bond acceptors (Lipinski definition) is 8. The molecule has 1 N–H and O–H groups in total. The van der Waals surface area contributed by atoms with Gasteiger partial charge >= 0.3 is 0 Å². The second kappa shape index (κ2) is 8.08. The number of nitrogens with one attached hydrogen (secondary N) is 1. The Morgan fingerprint density at radius 2 is 2.04 bits per heavy atom. The Morgan fingerprint density at radius 3 is 2.63 bits per heavy atom. The largest absolute Gasteiger partial charge is 0.491 e. The molecule has 0 radical (unpaired) electrons. The van der Waals surface area contributed by atoms with Gasteiger partial charge in [0.25, 0.3) is 0 Å². The van der Waals surface area contributed by atoms with Crippen molar-refractivity contribution < 1.29 is 13.2 Å². The summed E-state index contributed by atoms with van der Waals surface area (Å²) in [6.07, 6.45) is 2.30. The van der Waals surface area contributed by atoms with Gasteiger partial charge in [-0.2, -0.15) is 10.1 Å². The Kier molecular flexibility index (Phi) is 5.79. The van der Waals surface area contributed by atoms with Crippen molar-refractivity contribution in [3.63, 3.8) is 0 Å². The number of nitrogens with zero attached hydrogens (tertiary/aromatic N) is 4. The van der Waals surface area contributed by atoms with Crippen molar-refractivity contribution in [2.24, 2.45) is 0 Å². The number of benzene rings is 1. The van der Waals surface area contributed by atoms with E-state index in [9.17, 15) is 8.42 Å². The quantitative estimate of drug-likeness (QED) is 0.768. The molecule has 1 saturated heterocycles. The molecule has 1 atom stereocenters. The summed E-state index contributed by atoms with van der Waals surface area (Å²) in [4.78, 5) is 6.49. The summed E-state index contributed by atoms with van der Waals surface area (Å²) in [6, 6.07) is 7.45. The van der Waals surface area contributed by atoms with E-state index in [-0.39, 0.29) is 23.7 Å². The average Bonchev–Trinajstić information content (AvgIpc) is 2.97. The fourth-order valence-corrected chi connectivity index (χ4v) is 4.86. The number of aromatic nitrogens is 3. The predicted molar refractivity (Wildman–Crippen MR) is 105 cm³/mol. The van der Waals surface area contributed by atoms with Gasteiger partial charge in [-0.05, 0) is 51.5 Å². The Morgan fingerprint density at radius 1 is 1.30 bits per heavy atom. The lowest BCUT2D eigenvalue weighted by molar-refractivity contribution is 0.242. The molecule has 2 aromatic rings. The van der Waals surface area contributed by atoms with Crippen LogP contribution in [0, 0.1) is 0 Å². The molecular weight excluding hydrogens is 366 g/mol. The van der Waals surface area contributed by atoms with Crippen molar-refractivity contribution in [3.8, 4) is 5.75 Å². The number of ether oxygens (including phenoxy) is 1. The predicted octanol–water partition coefficient (Wildman–Crippen LogP) is 2.42. The second-order valence-electron chi connectivity index (χ2n) is 6.80. The first-order valence-corrected chi connectivity index (χ1v) is 10.9. The van der Waals surface area contributed by atoms with Gasteiger partial charge in [0, 0.05) is 18.3 Å². The fraction of sp³-hybridized carbons (Fsp3) is 0.500. The summed E-state index contributed by atoms with van der Waals surface area (Å²) < 4.78 is 29.2. The van der Waals surface area contributed by atoms with Crippen LogP contribution >= 0.6 is 0 Å². The Labute approximate surface area is 159 Å². The molecule has 0 spiro atoms. The molecule has 0 amide bonds. The molecule has 1 aromatic carbocycles. The third-order valence-electron chi connectivity index (χ3n) is 4.31. The van der Waals surface area contributed by atoms with Crippen LogP contribution in [0.1, 0.15) is 27.2 Å². The van der Waals surface area contributed by atoms with Crippen LogP contribution in [0.4, 0.5) is 17.5 Å². The normalized spacial score (nSPS) is 18.4. The van der Waals surface area contributed by atoms with Crippen molar-refractivity contribution in [2.45, 2.75) is 39.3 Å². The minimum absolute atomic E-state index is 0.0722. The zero-order chi connectivity index (χ0) is 19.4. The molecule has 27 heavy (non-hydrogen) atoms. The van der Waals surface area contributed by atoms with Gasteiger partial charge in [0.15, 0.2) is 15.7 Å². The third-order valence-corrected chi connectivity index (χ3v) is 6.06. The molecular formula is C18H25N5O3S. The van der Waals surface area contributed by atoms with Gasteiger partial charge in [-0.1, -0.05) is 0 Å². The molecule has 0 aliphatic carbocycles. The van der Waals surface area contributed by atoms with Crippen LogP contribution < -0.4 is 15.0 Å². The molecule has 8 nitrogen and oxygen atoms in total. The topological polar surface area (TPSA) is 97.3 Å². The molecule has 146 valence electrons. The highest BCUT2D eigenvalue weighted by molar-refractivity contribution is 7.91. The van der Waals surface area contributed by atoms with Crippen LogP contribution in [0.25, 0.3) is 0 Å². The molecule has 2 heterocycles. The molecule has 3 rings (SSSR count). The fourth-order valence-electron chi connectivity index (χ4n) is 3.13. The van der Waals surface area contributed by atoms with E-state index in [1.54, 1.807) is 6.20 Å². The highest BCUT2D eigenvalue weighted by atomic mass is 32.2. The molecule has 1 unspecified atom stereocenters. The minimum Gasteiger partial charge on any atom is -0.491 e. The van der Waals surface area contributed by atoms with Gasteiger partial charge in [-0.15, -0.1) is 5.10 Å². The van der Waals surface area contributed by atoms with Gasteiger partial charge in [-0.3, -0.25) is 0 Å². The number of hydrogen-bond donors (Lipinski definition) is 1. The SMILES string of the molecule is CCN(c1cnnc(Nc2ccc(OC(C)C)cc2)n1)C1CCS(=O)(=O)C1. The zero-order valence-electron chi connectivity index (χ0n) is 15.8. The van der Waals surface area contributed by atoms with Crippen molar-refractivity contribution in [3.05, 3.63) is 30.5 Å². The summed E-state index contributed by atoms with van der Waals surface area (Å²) in [7, 11) is -2.96. The maximum Gasteiger partial charge on any atom is 0.249 e. The standard InChI is InChI=1S/C18H25N5O3S/c1-4-23(15-9-10-27(24,25)12-15)17-11-19-22-18(21-17)20-14-5-7-16(8-6-14)26-13(2)3/h5-8,11,13,15H,4,9-10,12H2,1-3H3,(H,20,21,22). The lowest BCUT2D eigenvalue weighted by Crippen LogP contribution is -2.37. The molecule has 0 bridgehead atoms. The molecule has 9 heteroatoms. The number of rotatable bonds is 7. The first-order chi connectivity index (χ1) is 12.9. The molecule has 1 fully saturated rings. The lowest BCUT2D eigenvalue weighted by atomic mass is 10.2. The number of sulfone groups is 1. The summed E-state index contributed by atoms with van der Waals surface area (Å²) in [5.74, 6) is 2.16. The van der Waals surface area contributed by atoms with Gasteiger partial charge in [0.2, 0.25) is 5.95 Å². The summed E-state index contributed by atoms with van der Waals surface area (Å²) in [5.41, 5.74) is 0.816. The van der Waals surface area contributed by atoms with E-state index in [2.05, 4.69) is 20.5 Å². The average molecular weight is 391 g/mol. The van der Waals surface area contributed by atoms with E-state index in [0.29, 0.717) is 24.7 Å². The van der Waals surface area contributed by atoms with Crippen molar-refractivity contribution in [1.29, 1.82) is 0 Å². The Hall–Kier alpha value is -2.42. The van der Waals surface area contributed by atoms with E-state index < -0.39 is 9.84 Å².